The van der Waals surface area contributed by atoms with E-state index >= 15 is 0 Å². The molecule has 1 aromatic heterocycles. The van der Waals surface area contributed by atoms with Crippen molar-refractivity contribution in [1.82, 2.24) is 14.6 Å². The number of aromatic nitrogens is 1. The molecule has 1 aliphatic heterocycles. The first-order valence-corrected chi connectivity index (χ1v) is 14.7. The predicted octanol–water partition coefficient (Wildman–Crippen LogP) is 4.79. The maximum absolute atomic E-state index is 13.9. The Bertz CT molecular complexity index is 1370. The standard InChI is InChI=1S/C29H29N3O3S2/c1-29(17-15-23(16-18-29)22-10-4-2-5-11-22)37(34,35)32-20-21-36-28(32)27(33)31-26(24-12-6-3-7-13-24)25-14-8-9-19-30-25/h2-17,19,26,28H,18,20-21H2,1H3,(H,31,33)/t26-,28+,29?/m1/s1. The van der Waals surface area contributed by atoms with Gasteiger partial charge in [-0.25, -0.2) is 8.42 Å². The van der Waals surface area contributed by atoms with E-state index in [-0.39, 0.29) is 5.91 Å². The monoisotopic (exact) mass is 531 g/mol. The molecular formula is C29H29N3O3S2. The summed E-state index contributed by atoms with van der Waals surface area (Å²) in [7, 11) is -3.82. The van der Waals surface area contributed by atoms with Gasteiger partial charge in [0, 0.05) is 18.5 Å². The highest BCUT2D eigenvalue weighted by Crippen LogP contribution is 2.38. The summed E-state index contributed by atoms with van der Waals surface area (Å²) in [6, 6.07) is 24.6. The molecule has 0 radical (unpaired) electrons. The number of hydrogen-bond acceptors (Lipinski definition) is 5. The smallest absolute Gasteiger partial charge is 0.249 e. The van der Waals surface area contributed by atoms with Gasteiger partial charge < -0.3 is 5.32 Å². The first kappa shape index (κ1) is 25.4. The van der Waals surface area contributed by atoms with Gasteiger partial charge in [0.15, 0.2) is 0 Å². The van der Waals surface area contributed by atoms with Gasteiger partial charge in [-0.2, -0.15) is 4.31 Å². The molecule has 1 fully saturated rings. The summed E-state index contributed by atoms with van der Waals surface area (Å²) in [4.78, 5) is 18.0. The third-order valence-corrected chi connectivity index (χ3v) is 10.7. The van der Waals surface area contributed by atoms with Crippen LogP contribution in [0, 0.1) is 0 Å². The van der Waals surface area contributed by atoms with Crippen molar-refractivity contribution >= 4 is 33.3 Å². The molecule has 2 aromatic carbocycles. The second-order valence-corrected chi connectivity index (χ2v) is 12.9. The first-order chi connectivity index (χ1) is 17.9. The van der Waals surface area contributed by atoms with Crippen molar-refractivity contribution in [3.63, 3.8) is 0 Å². The minimum Gasteiger partial charge on any atom is -0.341 e. The zero-order chi connectivity index (χ0) is 25.9. The van der Waals surface area contributed by atoms with E-state index in [1.165, 1.54) is 16.1 Å². The van der Waals surface area contributed by atoms with Crippen molar-refractivity contribution in [1.29, 1.82) is 0 Å². The molecule has 3 atom stereocenters. The van der Waals surface area contributed by atoms with E-state index in [9.17, 15) is 13.2 Å². The van der Waals surface area contributed by atoms with Crippen LogP contribution in [0.3, 0.4) is 0 Å². The second-order valence-electron chi connectivity index (χ2n) is 9.32. The summed E-state index contributed by atoms with van der Waals surface area (Å²) in [5, 5.41) is 2.24. The quantitative estimate of drug-likeness (QED) is 0.474. The molecule has 8 heteroatoms. The van der Waals surface area contributed by atoms with Crippen LogP contribution < -0.4 is 5.32 Å². The van der Waals surface area contributed by atoms with Crippen LogP contribution in [0.5, 0.6) is 0 Å². The molecule has 1 unspecified atom stereocenters. The van der Waals surface area contributed by atoms with Gasteiger partial charge in [0.05, 0.1) is 11.7 Å². The maximum atomic E-state index is 13.9. The Hall–Kier alpha value is -3.20. The second kappa shape index (κ2) is 10.7. The minimum atomic E-state index is -3.82. The van der Waals surface area contributed by atoms with Gasteiger partial charge in [-0.1, -0.05) is 85.0 Å². The number of hydrogen-bond donors (Lipinski definition) is 1. The van der Waals surface area contributed by atoms with Gasteiger partial charge in [0.2, 0.25) is 15.9 Å². The van der Waals surface area contributed by atoms with Crippen LogP contribution in [0.25, 0.3) is 5.57 Å². The average molecular weight is 532 g/mol. The Labute approximate surface area is 222 Å². The highest BCUT2D eigenvalue weighted by atomic mass is 32.2. The van der Waals surface area contributed by atoms with E-state index in [4.69, 9.17) is 0 Å². The molecule has 1 saturated heterocycles. The molecule has 5 rings (SSSR count). The molecule has 2 aliphatic rings. The fourth-order valence-corrected chi connectivity index (χ4v) is 8.06. The topological polar surface area (TPSA) is 79.4 Å². The lowest BCUT2D eigenvalue weighted by molar-refractivity contribution is -0.122. The fraction of sp³-hybridized carbons (Fsp3) is 0.241. The zero-order valence-electron chi connectivity index (χ0n) is 20.5. The summed E-state index contributed by atoms with van der Waals surface area (Å²) in [6.07, 6.45) is 7.64. The number of allylic oxidation sites excluding steroid dienone is 3. The van der Waals surface area contributed by atoms with Crippen molar-refractivity contribution in [2.45, 2.75) is 29.5 Å². The largest absolute Gasteiger partial charge is 0.341 e. The van der Waals surface area contributed by atoms with Crippen LogP contribution in [0.4, 0.5) is 0 Å². The van der Waals surface area contributed by atoms with E-state index in [1.807, 2.05) is 91.0 Å². The normalized spacial score (nSPS) is 22.8. The maximum Gasteiger partial charge on any atom is 0.249 e. The molecule has 0 bridgehead atoms. The highest BCUT2D eigenvalue weighted by molar-refractivity contribution is 8.02. The van der Waals surface area contributed by atoms with Gasteiger partial charge >= 0.3 is 0 Å². The minimum absolute atomic E-state index is 0.295. The number of sulfonamides is 1. The summed E-state index contributed by atoms with van der Waals surface area (Å²) < 4.78 is 28.1. The number of carbonyl (C=O) groups excluding carboxylic acids is 1. The molecule has 1 aliphatic carbocycles. The molecule has 37 heavy (non-hydrogen) atoms. The van der Waals surface area contributed by atoms with Crippen molar-refractivity contribution in [3.05, 3.63) is 120 Å². The van der Waals surface area contributed by atoms with E-state index in [2.05, 4.69) is 10.3 Å². The number of pyridine rings is 1. The molecule has 6 nitrogen and oxygen atoms in total. The fourth-order valence-electron chi connectivity index (χ4n) is 4.66. The van der Waals surface area contributed by atoms with E-state index in [1.54, 1.807) is 19.2 Å². The number of nitrogens with zero attached hydrogens (tertiary/aromatic N) is 2. The van der Waals surface area contributed by atoms with Crippen molar-refractivity contribution < 1.29 is 13.2 Å². The van der Waals surface area contributed by atoms with E-state index in [0.29, 0.717) is 24.4 Å². The highest BCUT2D eigenvalue weighted by Gasteiger charge is 2.48. The number of carbonyl (C=O) groups is 1. The Morgan fingerprint density at radius 1 is 1.05 bits per heavy atom. The summed E-state index contributed by atoms with van der Waals surface area (Å²) >= 11 is 1.35. The van der Waals surface area contributed by atoms with Crippen molar-refractivity contribution in [3.8, 4) is 0 Å². The molecule has 0 saturated carbocycles. The molecule has 3 aromatic rings. The Morgan fingerprint density at radius 3 is 2.41 bits per heavy atom. The van der Waals surface area contributed by atoms with Crippen LogP contribution >= 0.6 is 11.8 Å². The number of benzene rings is 2. The lowest BCUT2D eigenvalue weighted by Crippen LogP contribution is -2.52. The van der Waals surface area contributed by atoms with Gasteiger partial charge in [-0.3, -0.25) is 9.78 Å². The molecule has 190 valence electrons. The molecular weight excluding hydrogens is 502 g/mol. The average Bonchev–Trinajstić information content (AvgIpc) is 3.45. The van der Waals surface area contributed by atoms with Crippen LogP contribution in [0.1, 0.15) is 36.2 Å². The molecule has 0 spiro atoms. The van der Waals surface area contributed by atoms with Crippen LogP contribution in [0.15, 0.2) is 103 Å². The SMILES string of the molecule is CC1(S(=O)(=O)N2CCS[C@H]2C(=O)N[C@H](c2ccccc2)c2ccccn2)C=CC(c2ccccc2)=CC1. The molecule has 1 N–H and O–H groups in total. The van der Waals surface area contributed by atoms with E-state index in [0.717, 1.165) is 16.7 Å². The Morgan fingerprint density at radius 2 is 1.76 bits per heavy atom. The number of amides is 1. The molecule has 2 heterocycles. The Kier molecular flexibility index (Phi) is 7.33. The van der Waals surface area contributed by atoms with Gasteiger partial charge in [-0.05, 0) is 42.2 Å². The van der Waals surface area contributed by atoms with Gasteiger partial charge in [0.1, 0.15) is 10.1 Å². The number of rotatable bonds is 7. The van der Waals surface area contributed by atoms with Crippen molar-refractivity contribution in [2.75, 3.05) is 12.3 Å². The van der Waals surface area contributed by atoms with Crippen LogP contribution in [0.2, 0.25) is 0 Å². The van der Waals surface area contributed by atoms with Crippen molar-refractivity contribution in [2.24, 2.45) is 0 Å². The summed E-state index contributed by atoms with van der Waals surface area (Å²) in [5.74, 6) is 0.219. The molecule has 1 amide bonds. The summed E-state index contributed by atoms with van der Waals surface area (Å²) in [5.41, 5.74) is 3.63. The first-order valence-electron chi connectivity index (χ1n) is 12.2. The Balaban J connectivity index is 1.37. The summed E-state index contributed by atoms with van der Waals surface area (Å²) in [6.45, 7) is 2.03. The number of nitrogens with one attached hydrogen (secondary N) is 1. The predicted molar refractivity (Wildman–Crippen MR) is 149 cm³/mol. The lowest BCUT2D eigenvalue weighted by atomic mass is 9.94. The van der Waals surface area contributed by atoms with Crippen LogP contribution in [-0.4, -0.2) is 46.0 Å². The number of thioether (sulfide) groups is 1. The van der Waals surface area contributed by atoms with Crippen LogP contribution in [-0.2, 0) is 14.8 Å². The third-order valence-electron chi connectivity index (χ3n) is 6.82. The van der Waals surface area contributed by atoms with Gasteiger partial charge in [-0.15, -0.1) is 11.8 Å². The van der Waals surface area contributed by atoms with Gasteiger partial charge in [0.25, 0.3) is 0 Å². The zero-order valence-corrected chi connectivity index (χ0v) is 22.2. The van der Waals surface area contributed by atoms with E-state index < -0.39 is 26.2 Å². The third kappa shape index (κ3) is 5.14. The lowest BCUT2D eigenvalue weighted by Gasteiger charge is -2.34.